The van der Waals surface area contributed by atoms with E-state index in [1.54, 1.807) is 13.0 Å². The van der Waals surface area contributed by atoms with Gasteiger partial charge in [0.15, 0.2) is 0 Å². The monoisotopic (exact) mass is 398 g/mol. The first-order valence-electron chi connectivity index (χ1n) is 9.12. The number of allylic oxidation sites excluding steroid dienone is 1. The fourth-order valence-electron chi connectivity index (χ4n) is 3.36. The van der Waals surface area contributed by atoms with Crippen LogP contribution < -0.4 is 16.0 Å². The molecule has 0 unspecified atom stereocenters. The van der Waals surface area contributed by atoms with Crippen molar-refractivity contribution in [2.24, 2.45) is 5.10 Å². The highest BCUT2D eigenvalue weighted by atomic mass is 16.5. The van der Waals surface area contributed by atoms with E-state index in [0.29, 0.717) is 5.75 Å². The summed E-state index contributed by atoms with van der Waals surface area (Å²) in [6, 6.07) is 6.72. The van der Waals surface area contributed by atoms with Crippen LogP contribution in [0.2, 0.25) is 0 Å². The first-order valence-corrected chi connectivity index (χ1v) is 9.12. The van der Waals surface area contributed by atoms with Crippen LogP contribution in [0.3, 0.4) is 0 Å². The molecule has 0 saturated heterocycles. The van der Waals surface area contributed by atoms with E-state index >= 15 is 0 Å². The number of hydrazone groups is 1. The van der Waals surface area contributed by atoms with Crippen LogP contribution in [-0.2, 0) is 11.3 Å². The molecule has 2 heterocycles. The number of aromatic nitrogens is 2. The molecule has 1 atom stereocenters. The number of aromatic hydroxyl groups is 1. The van der Waals surface area contributed by atoms with Gasteiger partial charge in [-0.05, 0) is 6.07 Å². The van der Waals surface area contributed by atoms with Gasteiger partial charge in [-0.3, -0.25) is 19.1 Å². The molecule has 1 aliphatic rings. The number of hydrogen-bond donors (Lipinski definition) is 2. The Morgan fingerprint density at radius 2 is 2.14 bits per heavy atom. The summed E-state index contributed by atoms with van der Waals surface area (Å²) >= 11 is 0. The van der Waals surface area contributed by atoms with Crippen LogP contribution in [0.4, 0.5) is 0 Å². The molecule has 0 saturated carbocycles. The second-order valence-electron chi connectivity index (χ2n) is 6.46. The molecule has 152 valence electrons. The molecule has 0 spiro atoms. The standard InChI is InChI=1S/C20H22N4O5/c1-4-10-23-19(27)17(18(26)21-20(23)28)13-11-14(24(22-13)16(25)5-2)12-8-6-7-9-15(12)29-3/h4,6-9,14,27H,1,5,10-11H2,2-3H3,(H,21,26,28)/t14-/m1/s1. The number of H-pyrrole nitrogens is 1. The molecule has 2 aromatic rings. The van der Waals surface area contributed by atoms with Crippen molar-refractivity contribution < 1.29 is 14.6 Å². The van der Waals surface area contributed by atoms with Crippen LogP contribution in [0.5, 0.6) is 11.6 Å². The normalized spacial score (nSPS) is 15.9. The number of carbonyl (C=O) groups excluding carboxylic acids is 1. The number of ether oxygens (including phenoxy) is 1. The van der Waals surface area contributed by atoms with Crippen molar-refractivity contribution >= 4 is 11.6 Å². The van der Waals surface area contributed by atoms with Gasteiger partial charge >= 0.3 is 5.69 Å². The lowest BCUT2D eigenvalue weighted by Crippen LogP contribution is -2.33. The summed E-state index contributed by atoms with van der Waals surface area (Å²) in [5.74, 6) is -0.175. The molecular weight excluding hydrogens is 376 g/mol. The highest BCUT2D eigenvalue weighted by Gasteiger charge is 2.36. The Morgan fingerprint density at radius 3 is 2.79 bits per heavy atom. The van der Waals surface area contributed by atoms with Gasteiger partial charge in [0.1, 0.15) is 11.3 Å². The average molecular weight is 398 g/mol. The van der Waals surface area contributed by atoms with Gasteiger partial charge in [-0.25, -0.2) is 9.80 Å². The summed E-state index contributed by atoms with van der Waals surface area (Å²) in [5.41, 5.74) is -0.725. The molecule has 0 fully saturated rings. The number of para-hydroxylation sites is 1. The molecule has 1 aromatic carbocycles. The van der Waals surface area contributed by atoms with Crippen molar-refractivity contribution in [3.05, 3.63) is 68.9 Å². The maximum absolute atomic E-state index is 12.5. The number of nitrogens with zero attached hydrogens (tertiary/aromatic N) is 3. The van der Waals surface area contributed by atoms with Crippen LogP contribution in [0.25, 0.3) is 0 Å². The molecule has 0 aliphatic carbocycles. The topological polar surface area (TPSA) is 117 Å². The third-order valence-electron chi connectivity index (χ3n) is 4.74. The largest absolute Gasteiger partial charge is 0.496 e. The highest BCUT2D eigenvalue weighted by molar-refractivity contribution is 6.04. The number of benzene rings is 1. The van der Waals surface area contributed by atoms with E-state index in [9.17, 15) is 19.5 Å². The van der Waals surface area contributed by atoms with Crippen LogP contribution in [0.15, 0.2) is 51.6 Å². The van der Waals surface area contributed by atoms with Gasteiger partial charge in [0.2, 0.25) is 11.8 Å². The minimum Gasteiger partial charge on any atom is -0.496 e. The van der Waals surface area contributed by atoms with Crippen molar-refractivity contribution in [3.8, 4) is 11.6 Å². The lowest BCUT2D eigenvalue weighted by atomic mass is 9.98. The summed E-state index contributed by atoms with van der Waals surface area (Å²) < 4.78 is 6.39. The van der Waals surface area contributed by atoms with Gasteiger partial charge in [-0.2, -0.15) is 5.10 Å². The van der Waals surface area contributed by atoms with Gasteiger partial charge in [-0.1, -0.05) is 31.2 Å². The van der Waals surface area contributed by atoms with E-state index in [2.05, 4.69) is 16.7 Å². The molecular formula is C20H22N4O5. The van der Waals surface area contributed by atoms with Crippen LogP contribution in [-0.4, -0.2) is 38.4 Å². The van der Waals surface area contributed by atoms with Gasteiger partial charge < -0.3 is 9.84 Å². The summed E-state index contributed by atoms with van der Waals surface area (Å²) in [7, 11) is 1.53. The SMILES string of the molecule is C=CCn1c(O)c(C2=NN(C(=O)CC)[C@@H](c3ccccc3OC)C2)c(=O)[nH]c1=O. The van der Waals surface area contributed by atoms with Crippen LogP contribution in [0, 0.1) is 0 Å². The van der Waals surface area contributed by atoms with Gasteiger partial charge in [0.05, 0.1) is 18.9 Å². The number of amides is 1. The summed E-state index contributed by atoms with van der Waals surface area (Å²) in [4.78, 5) is 39.1. The first-order chi connectivity index (χ1) is 13.9. The Bertz CT molecular complexity index is 1100. The van der Waals surface area contributed by atoms with E-state index in [4.69, 9.17) is 4.74 Å². The van der Waals surface area contributed by atoms with Crippen molar-refractivity contribution in [2.45, 2.75) is 32.4 Å². The Hall–Kier alpha value is -3.62. The molecule has 1 aromatic heterocycles. The minimum absolute atomic E-state index is 0.00919. The van der Waals surface area contributed by atoms with E-state index in [1.807, 2.05) is 18.2 Å². The van der Waals surface area contributed by atoms with Crippen molar-refractivity contribution in [1.29, 1.82) is 0 Å². The zero-order valence-corrected chi connectivity index (χ0v) is 16.2. The van der Waals surface area contributed by atoms with Crippen molar-refractivity contribution in [2.75, 3.05) is 7.11 Å². The molecule has 1 aliphatic heterocycles. The maximum Gasteiger partial charge on any atom is 0.331 e. The quantitative estimate of drug-likeness (QED) is 0.716. The van der Waals surface area contributed by atoms with E-state index < -0.39 is 23.2 Å². The van der Waals surface area contributed by atoms with Crippen molar-refractivity contribution in [3.63, 3.8) is 0 Å². The fourth-order valence-corrected chi connectivity index (χ4v) is 3.36. The molecule has 9 nitrogen and oxygen atoms in total. The number of methoxy groups -OCH3 is 1. The number of carbonyl (C=O) groups is 1. The molecule has 3 rings (SSSR count). The first kappa shape index (κ1) is 20.1. The number of rotatable bonds is 6. The number of hydrogen-bond acceptors (Lipinski definition) is 6. The Labute approximate surface area is 166 Å². The molecule has 29 heavy (non-hydrogen) atoms. The summed E-state index contributed by atoms with van der Waals surface area (Å²) in [6.45, 7) is 5.27. The second kappa shape index (κ2) is 8.17. The summed E-state index contributed by atoms with van der Waals surface area (Å²) in [6.07, 6.45) is 1.81. The van der Waals surface area contributed by atoms with E-state index in [0.717, 1.165) is 10.1 Å². The van der Waals surface area contributed by atoms with Crippen LogP contribution in [0.1, 0.15) is 36.9 Å². The van der Waals surface area contributed by atoms with E-state index in [1.165, 1.54) is 18.2 Å². The Morgan fingerprint density at radius 1 is 1.41 bits per heavy atom. The third kappa shape index (κ3) is 3.58. The van der Waals surface area contributed by atoms with Gasteiger partial charge in [-0.15, -0.1) is 6.58 Å². The minimum atomic E-state index is -0.767. The average Bonchev–Trinajstić information content (AvgIpc) is 3.15. The Kier molecular flexibility index (Phi) is 5.67. The maximum atomic E-state index is 12.5. The number of nitrogens with one attached hydrogen (secondary N) is 1. The lowest BCUT2D eigenvalue weighted by molar-refractivity contribution is -0.132. The summed E-state index contributed by atoms with van der Waals surface area (Å²) in [5, 5.41) is 16.2. The van der Waals surface area contributed by atoms with Crippen molar-refractivity contribution in [1.82, 2.24) is 14.6 Å². The smallest absolute Gasteiger partial charge is 0.331 e. The Balaban J connectivity index is 2.14. The molecule has 0 bridgehead atoms. The molecule has 1 amide bonds. The zero-order valence-electron chi connectivity index (χ0n) is 16.2. The third-order valence-corrected chi connectivity index (χ3v) is 4.74. The zero-order chi connectivity index (χ0) is 21.1. The van der Waals surface area contributed by atoms with E-state index in [-0.39, 0.29) is 36.6 Å². The van der Waals surface area contributed by atoms with Gasteiger partial charge in [0, 0.05) is 24.9 Å². The predicted octanol–water partition coefficient (Wildman–Crippen LogP) is 1.52. The number of aromatic amines is 1. The molecule has 9 heteroatoms. The highest BCUT2D eigenvalue weighted by Crippen LogP contribution is 2.38. The second-order valence-corrected chi connectivity index (χ2v) is 6.46. The lowest BCUT2D eigenvalue weighted by Gasteiger charge is -2.23. The fraction of sp³-hybridized carbons (Fsp3) is 0.300. The predicted molar refractivity (Wildman–Crippen MR) is 107 cm³/mol. The molecule has 2 N–H and O–H groups in total. The molecule has 0 radical (unpaired) electrons. The van der Waals surface area contributed by atoms with Gasteiger partial charge in [0.25, 0.3) is 5.56 Å². The van der Waals surface area contributed by atoms with Crippen LogP contribution >= 0.6 is 0 Å².